The first-order valence-corrected chi connectivity index (χ1v) is 12.3. The lowest BCUT2D eigenvalue weighted by Gasteiger charge is -2.69. The predicted molar refractivity (Wildman–Crippen MR) is 114 cm³/mol. The Balaban J connectivity index is 1.68. The summed E-state index contributed by atoms with van der Waals surface area (Å²) in [5, 5.41) is 48.0. The summed E-state index contributed by atoms with van der Waals surface area (Å²) in [7, 11) is 4.95. The van der Waals surface area contributed by atoms with Crippen LogP contribution >= 0.6 is 0 Å². The molecule has 1 aliphatic heterocycles. The SMILES string of the molecule is CCN1C[C@]2(CO)CC[C@H](O)[C@]34C1[C@](O)([C@@H](OC)[C@H]23)[C@@]1(O)C[C@H](OC)[C@H]2C[C@@H]4[C@@H]1C2OC. The molecule has 6 fully saturated rings. The zero-order chi connectivity index (χ0) is 22.8. The highest BCUT2D eigenvalue weighted by Crippen LogP contribution is 2.80. The minimum atomic E-state index is -1.60. The quantitative estimate of drug-likeness (QED) is 0.446. The smallest absolute Gasteiger partial charge is 0.136 e. The van der Waals surface area contributed by atoms with Gasteiger partial charge in [-0.25, -0.2) is 0 Å². The largest absolute Gasteiger partial charge is 0.396 e. The summed E-state index contributed by atoms with van der Waals surface area (Å²) in [5.74, 6) is -0.488. The van der Waals surface area contributed by atoms with Crippen molar-refractivity contribution in [1.29, 1.82) is 0 Å². The number of likely N-dealkylation sites (tertiary alicyclic amines) is 1. The number of aliphatic hydroxyl groups is 4. The van der Waals surface area contributed by atoms with E-state index in [-0.39, 0.29) is 42.5 Å². The Morgan fingerprint density at radius 1 is 1.09 bits per heavy atom. The second-order valence-corrected chi connectivity index (χ2v) is 11.6. The van der Waals surface area contributed by atoms with Crippen LogP contribution < -0.4 is 0 Å². The number of hydrogen-bond donors (Lipinski definition) is 4. The molecule has 13 atom stereocenters. The molecule has 8 heteroatoms. The fourth-order valence-corrected chi connectivity index (χ4v) is 10.7. The molecule has 6 aliphatic rings. The number of rotatable bonds is 5. The summed E-state index contributed by atoms with van der Waals surface area (Å²) in [4.78, 5) is 2.23. The fourth-order valence-electron chi connectivity index (χ4n) is 10.7. The second-order valence-electron chi connectivity index (χ2n) is 11.6. The summed E-state index contributed by atoms with van der Waals surface area (Å²) in [6, 6.07) is -0.442. The molecule has 0 aromatic rings. The monoisotopic (exact) mass is 453 g/mol. The molecule has 4 N–H and O–H groups in total. The van der Waals surface area contributed by atoms with Gasteiger partial charge in [-0.05, 0) is 31.7 Å². The summed E-state index contributed by atoms with van der Waals surface area (Å²) in [6.45, 7) is 3.36. The van der Waals surface area contributed by atoms with Crippen LogP contribution in [0.15, 0.2) is 0 Å². The van der Waals surface area contributed by atoms with E-state index in [4.69, 9.17) is 14.2 Å². The lowest BCUT2D eigenvalue weighted by Crippen LogP contribution is -2.82. The Kier molecular flexibility index (Phi) is 4.62. The standard InChI is InChI=1S/C24H39NO7/c1-5-25-10-21(11-26)7-6-15(27)23-13-8-12-14(30-2)9-22(28,16(13)17(12)31-3)24(29,20(23)25)19(32-4)18(21)23/h12-20,26-29H,5-11H2,1-4H3/t12-,13-,14+,15+,16-,17?,18-,19+,20?,21+,22-,23+,24-/m1/s1. The van der Waals surface area contributed by atoms with E-state index in [1.807, 2.05) is 0 Å². The van der Waals surface area contributed by atoms with Gasteiger partial charge in [-0.1, -0.05) is 6.92 Å². The molecule has 1 saturated heterocycles. The van der Waals surface area contributed by atoms with Crippen molar-refractivity contribution < 1.29 is 34.6 Å². The number of likely N-dealkylation sites (N-methyl/N-ethyl adjacent to an activating group) is 1. The van der Waals surface area contributed by atoms with Crippen LogP contribution in [-0.2, 0) is 14.2 Å². The van der Waals surface area contributed by atoms with Gasteiger partial charge in [0.25, 0.3) is 0 Å². The van der Waals surface area contributed by atoms with Crippen molar-refractivity contribution in [3.63, 3.8) is 0 Å². The van der Waals surface area contributed by atoms with Crippen LogP contribution in [0, 0.1) is 34.5 Å². The molecular formula is C24H39NO7. The van der Waals surface area contributed by atoms with Crippen molar-refractivity contribution >= 4 is 0 Å². The molecule has 0 aromatic carbocycles. The Morgan fingerprint density at radius 3 is 2.44 bits per heavy atom. The van der Waals surface area contributed by atoms with Gasteiger partial charge in [0.15, 0.2) is 0 Å². The minimum absolute atomic E-state index is 0.0149. The van der Waals surface area contributed by atoms with Crippen molar-refractivity contribution in [1.82, 2.24) is 4.90 Å². The van der Waals surface area contributed by atoms with E-state index in [1.165, 1.54) is 0 Å². The minimum Gasteiger partial charge on any atom is -0.396 e. The summed E-state index contributed by atoms with van der Waals surface area (Å²) >= 11 is 0. The van der Waals surface area contributed by atoms with E-state index in [2.05, 4.69) is 11.8 Å². The maximum Gasteiger partial charge on any atom is 0.136 e. The van der Waals surface area contributed by atoms with Crippen molar-refractivity contribution in [3.05, 3.63) is 0 Å². The zero-order valence-corrected chi connectivity index (χ0v) is 19.6. The fraction of sp³-hybridized carbons (Fsp3) is 1.00. The molecule has 5 saturated carbocycles. The van der Waals surface area contributed by atoms with Gasteiger partial charge < -0.3 is 34.6 Å². The summed E-state index contributed by atoms with van der Waals surface area (Å²) in [6.07, 6.45) is 0.570. The van der Waals surface area contributed by atoms with E-state index in [1.54, 1.807) is 21.3 Å². The van der Waals surface area contributed by atoms with Crippen LogP contribution in [0.4, 0.5) is 0 Å². The highest BCUT2D eigenvalue weighted by molar-refractivity contribution is 5.41. The molecule has 0 aromatic heterocycles. The normalized spacial score (nSPS) is 62.4. The lowest BCUT2D eigenvalue weighted by atomic mass is 9.42. The van der Waals surface area contributed by atoms with Gasteiger partial charge in [0, 0.05) is 62.9 Å². The Morgan fingerprint density at radius 2 is 1.84 bits per heavy atom. The van der Waals surface area contributed by atoms with Crippen LogP contribution in [0.25, 0.3) is 0 Å². The number of fused-ring (bicyclic) bond motifs is 2. The maximum atomic E-state index is 12.8. The van der Waals surface area contributed by atoms with E-state index in [0.717, 1.165) is 6.42 Å². The highest BCUT2D eigenvalue weighted by atomic mass is 16.5. The first-order valence-electron chi connectivity index (χ1n) is 12.3. The molecule has 1 spiro atoms. The maximum absolute atomic E-state index is 12.8. The lowest BCUT2D eigenvalue weighted by molar-refractivity contribution is -0.318. The average Bonchev–Trinajstić information content (AvgIpc) is 3.21. The van der Waals surface area contributed by atoms with Gasteiger partial charge >= 0.3 is 0 Å². The van der Waals surface area contributed by atoms with Crippen LogP contribution in [0.2, 0.25) is 0 Å². The van der Waals surface area contributed by atoms with E-state index in [9.17, 15) is 20.4 Å². The Hall–Kier alpha value is -0.320. The van der Waals surface area contributed by atoms with Gasteiger partial charge in [0.2, 0.25) is 0 Å². The number of hydrogen-bond acceptors (Lipinski definition) is 8. The number of ether oxygens (including phenoxy) is 3. The second kappa shape index (κ2) is 6.66. The van der Waals surface area contributed by atoms with E-state index >= 15 is 0 Å². The number of methoxy groups -OCH3 is 3. The average molecular weight is 454 g/mol. The van der Waals surface area contributed by atoms with Crippen molar-refractivity contribution in [3.8, 4) is 0 Å². The summed E-state index contributed by atoms with van der Waals surface area (Å²) < 4.78 is 18.0. The molecule has 8 nitrogen and oxygen atoms in total. The molecule has 32 heavy (non-hydrogen) atoms. The topological polar surface area (TPSA) is 112 Å². The highest BCUT2D eigenvalue weighted by Gasteiger charge is 2.91. The Labute approximate surface area is 189 Å². The zero-order valence-electron chi connectivity index (χ0n) is 19.6. The molecule has 182 valence electrons. The van der Waals surface area contributed by atoms with E-state index < -0.39 is 40.3 Å². The molecular weight excluding hydrogens is 414 g/mol. The van der Waals surface area contributed by atoms with E-state index in [0.29, 0.717) is 32.4 Å². The molecule has 6 rings (SSSR count). The van der Waals surface area contributed by atoms with Gasteiger partial charge in [-0.3, -0.25) is 4.90 Å². The van der Waals surface area contributed by atoms with Crippen LogP contribution in [-0.4, -0.2) is 108 Å². The van der Waals surface area contributed by atoms with Gasteiger partial charge in [0.05, 0.1) is 37.1 Å². The molecule has 2 unspecified atom stereocenters. The van der Waals surface area contributed by atoms with Gasteiger partial charge in [-0.15, -0.1) is 0 Å². The third kappa shape index (κ3) is 1.96. The summed E-state index contributed by atoms with van der Waals surface area (Å²) in [5.41, 5.74) is -4.23. The third-order valence-corrected chi connectivity index (χ3v) is 11.4. The van der Waals surface area contributed by atoms with Crippen molar-refractivity contribution in [2.24, 2.45) is 34.5 Å². The van der Waals surface area contributed by atoms with Gasteiger partial charge in [-0.2, -0.15) is 0 Å². The predicted octanol–water partition coefficient (Wildman–Crippen LogP) is -0.383. The number of aliphatic hydroxyl groups excluding tert-OH is 2. The molecule has 7 bridgehead atoms. The van der Waals surface area contributed by atoms with Crippen molar-refractivity contribution in [2.45, 2.75) is 74.3 Å². The molecule has 1 heterocycles. The third-order valence-electron chi connectivity index (χ3n) is 11.4. The Bertz CT molecular complexity index is 798. The van der Waals surface area contributed by atoms with Crippen LogP contribution in [0.1, 0.15) is 32.6 Å². The van der Waals surface area contributed by atoms with Crippen LogP contribution in [0.5, 0.6) is 0 Å². The molecule has 5 aliphatic carbocycles. The first-order chi connectivity index (χ1) is 15.3. The molecule has 0 amide bonds. The van der Waals surface area contributed by atoms with Crippen molar-refractivity contribution in [2.75, 3.05) is 41.0 Å². The van der Waals surface area contributed by atoms with Gasteiger partial charge in [0.1, 0.15) is 11.2 Å². The first kappa shape index (κ1) is 22.2. The number of nitrogens with zero attached hydrogens (tertiary/aromatic N) is 1. The molecule has 0 radical (unpaired) electrons. The van der Waals surface area contributed by atoms with Crippen LogP contribution in [0.3, 0.4) is 0 Å². The number of piperidine rings is 1.